The Labute approximate surface area is 191 Å². The molecule has 8 nitrogen and oxygen atoms in total. The van der Waals surface area contributed by atoms with Crippen LogP contribution in [0.2, 0.25) is 0 Å². The molecule has 1 aliphatic rings. The van der Waals surface area contributed by atoms with E-state index in [4.69, 9.17) is 4.74 Å². The van der Waals surface area contributed by atoms with Crippen molar-refractivity contribution in [2.24, 2.45) is 0 Å². The fourth-order valence-electron chi connectivity index (χ4n) is 3.78. The third kappa shape index (κ3) is 4.34. The summed E-state index contributed by atoms with van der Waals surface area (Å²) in [5.74, 6) is -0.0946. The third-order valence-electron chi connectivity index (χ3n) is 5.28. The van der Waals surface area contributed by atoms with Gasteiger partial charge in [-0.2, -0.15) is 23.1 Å². The normalized spacial score (nSPS) is 14.0. The van der Waals surface area contributed by atoms with Gasteiger partial charge in [0.05, 0.1) is 17.6 Å². The van der Waals surface area contributed by atoms with E-state index in [9.17, 15) is 13.2 Å². The number of thiophene rings is 1. The Morgan fingerprint density at radius 2 is 2.03 bits per heavy atom. The van der Waals surface area contributed by atoms with Gasteiger partial charge in [-0.15, -0.1) is 21.5 Å². The number of nitrogens with zero attached hydrogens (tertiary/aromatic N) is 7. The maximum absolute atomic E-state index is 13.2. The van der Waals surface area contributed by atoms with Crippen molar-refractivity contribution in [3.8, 4) is 6.01 Å². The van der Waals surface area contributed by atoms with E-state index in [-0.39, 0.29) is 31.5 Å². The SMILES string of the molecule is CCCc1cc2c(N3CCn4c(nnc4C(F)(F)F)C3)nc(OCc3ccccn3)nc2s1. The van der Waals surface area contributed by atoms with Gasteiger partial charge in [-0.1, -0.05) is 19.4 Å². The Morgan fingerprint density at radius 1 is 1.15 bits per heavy atom. The topological polar surface area (TPSA) is 81.9 Å². The molecule has 4 aromatic rings. The quantitative estimate of drug-likeness (QED) is 0.412. The Kier molecular flexibility index (Phi) is 5.60. The lowest BCUT2D eigenvalue weighted by atomic mass is 10.2. The molecule has 0 unspecified atom stereocenters. The monoisotopic (exact) mass is 475 g/mol. The standard InChI is InChI=1S/C21H20F3N7OS/c1-2-5-14-10-15-17(30-8-9-31-16(11-30)28-29-19(31)21(22,23)24)26-20(27-18(15)33-14)32-12-13-6-3-4-7-25-13/h3-4,6-7,10H,2,5,8-9,11-12H2,1H3. The third-order valence-corrected chi connectivity index (χ3v) is 6.37. The predicted molar refractivity (Wildman–Crippen MR) is 116 cm³/mol. The van der Waals surface area contributed by atoms with Crippen LogP contribution in [0.5, 0.6) is 6.01 Å². The summed E-state index contributed by atoms with van der Waals surface area (Å²) >= 11 is 1.57. The highest BCUT2D eigenvalue weighted by molar-refractivity contribution is 7.18. The average Bonchev–Trinajstić information content (AvgIpc) is 3.41. The van der Waals surface area contributed by atoms with Gasteiger partial charge in [-0.05, 0) is 24.6 Å². The number of ether oxygens (including phenoxy) is 1. The van der Waals surface area contributed by atoms with E-state index in [1.807, 2.05) is 23.1 Å². The fraction of sp³-hybridized carbons (Fsp3) is 0.381. The van der Waals surface area contributed by atoms with Crippen molar-refractivity contribution in [1.29, 1.82) is 0 Å². The first-order valence-electron chi connectivity index (χ1n) is 10.5. The second-order valence-electron chi connectivity index (χ2n) is 7.63. The number of aryl methyl sites for hydroxylation is 1. The van der Waals surface area contributed by atoms with Crippen LogP contribution in [-0.2, 0) is 32.3 Å². The summed E-state index contributed by atoms with van der Waals surface area (Å²) in [5, 5.41) is 8.01. The molecular formula is C21H20F3N7OS. The van der Waals surface area contributed by atoms with E-state index in [1.165, 1.54) is 4.88 Å². The molecule has 0 bridgehead atoms. The van der Waals surface area contributed by atoms with Crippen molar-refractivity contribution in [1.82, 2.24) is 29.7 Å². The zero-order chi connectivity index (χ0) is 23.0. The minimum absolute atomic E-state index is 0.110. The highest BCUT2D eigenvalue weighted by atomic mass is 32.1. The van der Waals surface area contributed by atoms with Crippen molar-refractivity contribution in [3.05, 3.63) is 52.7 Å². The second kappa shape index (κ2) is 8.58. The predicted octanol–water partition coefficient (Wildman–Crippen LogP) is 4.25. The van der Waals surface area contributed by atoms with Crippen LogP contribution in [0.1, 0.15) is 35.6 Å². The number of pyridine rings is 1. The molecule has 0 saturated heterocycles. The smallest absolute Gasteiger partial charge is 0.451 e. The van der Waals surface area contributed by atoms with Gasteiger partial charge in [0.1, 0.15) is 17.3 Å². The van der Waals surface area contributed by atoms with Crippen LogP contribution in [0.4, 0.5) is 19.0 Å². The molecule has 33 heavy (non-hydrogen) atoms. The van der Waals surface area contributed by atoms with Crippen LogP contribution in [0, 0.1) is 0 Å². The summed E-state index contributed by atoms with van der Waals surface area (Å²) in [7, 11) is 0. The Hall–Kier alpha value is -3.28. The molecule has 0 spiro atoms. The summed E-state index contributed by atoms with van der Waals surface area (Å²) in [5.41, 5.74) is 0.742. The molecule has 5 heterocycles. The first-order valence-corrected chi connectivity index (χ1v) is 11.3. The molecule has 1 aliphatic heterocycles. The van der Waals surface area contributed by atoms with Crippen LogP contribution in [0.15, 0.2) is 30.5 Å². The van der Waals surface area contributed by atoms with Gasteiger partial charge < -0.3 is 14.2 Å². The summed E-state index contributed by atoms with van der Waals surface area (Å²) in [6.07, 6.45) is -0.951. The van der Waals surface area contributed by atoms with E-state index in [0.29, 0.717) is 12.4 Å². The molecule has 172 valence electrons. The highest BCUT2D eigenvalue weighted by Gasteiger charge is 2.39. The van der Waals surface area contributed by atoms with Crippen molar-refractivity contribution in [2.75, 3.05) is 11.4 Å². The first kappa shape index (κ1) is 21.6. The molecule has 0 atom stereocenters. The average molecular weight is 476 g/mol. The van der Waals surface area contributed by atoms with Gasteiger partial charge in [0.2, 0.25) is 5.82 Å². The molecule has 0 saturated carbocycles. The van der Waals surface area contributed by atoms with E-state index in [2.05, 4.69) is 38.1 Å². The van der Waals surface area contributed by atoms with E-state index in [0.717, 1.165) is 33.3 Å². The summed E-state index contributed by atoms with van der Waals surface area (Å²) in [6, 6.07) is 7.80. The molecule has 0 amide bonds. The van der Waals surface area contributed by atoms with Crippen LogP contribution < -0.4 is 9.64 Å². The van der Waals surface area contributed by atoms with E-state index in [1.54, 1.807) is 17.5 Å². The molecule has 0 fully saturated rings. The maximum atomic E-state index is 13.2. The number of alkyl halides is 3. The number of anilines is 1. The van der Waals surface area contributed by atoms with Gasteiger partial charge in [-0.3, -0.25) is 4.98 Å². The molecular weight excluding hydrogens is 455 g/mol. The lowest BCUT2D eigenvalue weighted by molar-refractivity contribution is -0.147. The van der Waals surface area contributed by atoms with Crippen LogP contribution in [-0.4, -0.2) is 36.3 Å². The Morgan fingerprint density at radius 3 is 2.79 bits per heavy atom. The zero-order valence-corrected chi connectivity index (χ0v) is 18.5. The fourth-order valence-corrected chi connectivity index (χ4v) is 4.90. The number of fused-ring (bicyclic) bond motifs is 2. The minimum atomic E-state index is -4.54. The zero-order valence-electron chi connectivity index (χ0n) is 17.7. The van der Waals surface area contributed by atoms with Crippen molar-refractivity contribution in [2.45, 2.75) is 45.6 Å². The summed E-state index contributed by atoms with van der Waals surface area (Å²) in [6.45, 7) is 2.92. The highest BCUT2D eigenvalue weighted by Crippen LogP contribution is 2.36. The number of hydrogen-bond acceptors (Lipinski definition) is 8. The van der Waals surface area contributed by atoms with E-state index >= 15 is 0 Å². The van der Waals surface area contributed by atoms with Crippen LogP contribution in [0.3, 0.4) is 0 Å². The van der Waals surface area contributed by atoms with E-state index < -0.39 is 12.0 Å². The van der Waals surface area contributed by atoms with Crippen molar-refractivity contribution >= 4 is 27.4 Å². The maximum Gasteiger partial charge on any atom is 0.451 e. The lowest BCUT2D eigenvalue weighted by Gasteiger charge is -2.29. The van der Waals surface area contributed by atoms with Gasteiger partial charge in [0.15, 0.2) is 5.82 Å². The molecule has 0 aromatic carbocycles. The van der Waals surface area contributed by atoms with Crippen LogP contribution >= 0.6 is 11.3 Å². The molecule has 4 aromatic heterocycles. The first-order chi connectivity index (χ1) is 15.9. The molecule has 5 rings (SSSR count). The summed E-state index contributed by atoms with van der Waals surface area (Å²) < 4.78 is 46.6. The molecule has 12 heteroatoms. The number of aromatic nitrogens is 6. The second-order valence-corrected chi connectivity index (χ2v) is 8.75. The summed E-state index contributed by atoms with van der Waals surface area (Å²) in [4.78, 5) is 17.3. The molecule has 0 aliphatic carbocycles. The minimum Gasteiger partial charge on any atom is -0.457 e. The van der Waals surface area contributed by atoms with Crippen molar-refractivity contribution in [3.63, 3.8) is 0 Å². The Bertz CT molecular complexity index is 1270. The van der Waals surface area contributed by atoms with Gasteiger partial charge in [0.25, 0.3) is 0 Å². The molecule has 0 radical (unpaired) electrons. The van der Waals surface area contributed by atoms with Gasteiger partial charge >= 0.3 is 12.2 Å². The lowest BCUT2D eigenvalue weighted by Crippen LogP contribution is -2.36. The van der Waals surface area contributed by atoms with Crippen molar-refractivity contribution < 1.29 is 17.9 Å². The number of hydrogen-bond donors (Lipinski definition) is 0. The van der Waals surface area contributed by atoms with Gasteiger partial charge in [0, 0.05) is 24.2 Å². The van der Waals surface area contributed by atoms with Crippen LogP contribution in [0.25, 0.3) is 10.2 Å². The molecule has 0 N–H and O–H groups in total. The number of halogens is 3. The van der Waals surface area contributed by atoms with Gasteiger partial charge in [-0.25, -0.2) is 0 Å². The number of rotatable bonds is 6. The largest absolute Gasteiger partial charge is 0.457 e. The Balaban J connectivity index is 1.48.